The maximum atomic E-state index is 4.92. The van der Waals surface area contributed by atoms with E-state index in [4.69, 9.17) is 4.74 Å². The lowest BCUT2D eigenvalue weighted by atomic mass is 10.4. The van der Waals surface area contributed by atoms with Gasteiger partial charge >= 0.3 is 0 Å². The van der Waals surface area contributed by atoms with E-state index >= 15 is 0 Å². The second-order valence-corrected chi connectivity index (χ2v) is 1.47. The van der Waals surface area contributed by atoms with Gasteiger partial charge in [-0.15, -0.1) is 0 Å². The first-order valence-electron chi connectivity index (χ1n) is 2.10. The molecule has 0 aliphatic carbocycles. The molecule has 1 fully saturated rings. The summed E-state index contributed by atoms with van der Waals surface area (Å²) in [6.07, 6.45) is 0.380. The summed E-state index contributed by atoms with van der Waals surface area (Å²) in [6.45, 7) is 4.61. The quantitative estimate of drug-likeness (QED) is 0.452. The third kappa shape index (κ3) is 0.698. The van der Waals surface area contributed by atoms with Crippen LogP contribution in [0.4, 0.5) is 0 Å². The van der Waals surface area contributed by atoms with E-state index in [0.29, 0.717) is 6.10 Å². The van der Waals surface area contributed by atoms with Crippen LogP contribution < -0.4 is 5.32 Å². The second-order valence-electron chi connectivity index (χ2n) is 1.47. The zero-order valence-corrected chi connectivity index (χ0v) is 3.77. The largest absolute Gasteiger partial charge is 0.355 e. The van der Waals surface area contributed by atoms with Gasteiger partial charge in [0.25, 0.3) is 0 Å². The van der Waals surface area contributed by atoms with Gasteiger partial charge in [-0.25, -0.2) is 0 Å². The van der Waals surface area contributed by atoms with Crippen molar-refractivity contribution >= 4 is 0 Å². The zero-order chi connectivity index (χ0) is 4.41. The minimum atomic E-state index is 0.380. The summed E-state index contributed by atoms with van der Waals surface area (Å²) in [7, 11) is 0. The molecule has 0 bridgehead atoms. The Kier molecular flexibility index (Phi) is 1.08. The highest BCUT2D eigenvalue weighted by molar-refractivity contribution is 4.65. The molecule has 0 aromatic carbocycles. The molecule has 1 aliphatic heterocycles. The fourth-order valence-corrected chi connectivity index (χ4v) is 0.426. The Morgan fingerprint density at radius 1 is 2.00 bits per heavy atom. The van der Waals surface area contributed by atoms with Gasteiger partial charge in [-0.1, -0.05) is 0 Å². The Hall–Kier alpha value is -0.0800. The summed E-state index contributed by atoms with van der Waals surface area (Å²) in [5, 5.41) is 2.92. The predicted molar refractivity (Wildman–Crippen MR) is 22.8 cm³/mol. The molecule has 1 aliphatic rings. The molecule has 2 nitrogen and oxygen atoms in total. The van der Waals surface area contributed by atoms with E-state index in [0.717, 1.165) is 6.54 Å². The minimum Gasteiger partial charge on any atom is -0.355 e. The Labute approximate surface area is 37.5 Å². The molecule has 1 radical (unpaired) electrons. The van der Waals surface area contributed by atoms with Gasteiger partial charge in [0, 0.05) is 6.54 Å². The molecule has 1 saturated heterocycles. The molecule has 0 amide bonds. The van der Waals surface area contributed by atoms with E-state index < -0.39 is 0 Å². The first kappa shape index (κ1) is 4.09. The summed E-state index contributed by atoms with van der Waals surface area (Å²) < 4.78 is 4.92. The SMILES string of the molecule is C[C@H]1CN[CH]O1. The maximum absolute atomic E-state index is 4.92. The van der Waals surface area contributed by atoms with Gasteiger partial charge in [0.05, 0.1) is 6.10 Å². The van der Waals surface area contributed by atoms with Crippen LogP contribution in [-0.2, 0) is 4.74 Å². The highest BCUT2D eigenvalue weighted by Gasteiger charge is 2.06. The molecule has 1 heterocycles. The van der Waals surface area contributed by atoms with Gasteiger partial charge in [0.1, 0.15) is 6.73 Å². The fraction of sp³-hybridized carbons (Fsp3) is 0.750. The van der Waals surface area contributed by atoms with Crippen molar-refractivity contribution < 1.29 is 4.74 Å². The van der Waals surface area contributed by atoms with Crippen LogP contribution in [0.25, 0.3) is 0 Å². The Bertz CT molecular complexity index is 40.8. The Morgan fingerprint density at radius 2 is 2.83 bits per heavy atom. The number of ether oxygens (including phenoxy) is 1. The summed E-state index contributed by atoms with van der Waals surface area (Å²) in [6, 6.07) is 0. The van der Waals surface area contributed by atoms with Crippen LogP contribution in [0.3, 0.4) is 0 Å². The molecule has 0 aromatic rings. The van der Waals surface area contributed by atoms with Gasteiger partial charge in [-0.2, -0.15) is 0 Å². The smallest absolute Gasteiger partial charge is 0.148 e. The molecule has 2 heteroatoms. The molecule has 0 unspecified atom stereocenters. The van der Waals surface area contributed by atoms with Crippen molar-refractivity contribution in [2.45, 2.75) is 13.0 Å². The summed E-state index contributed by atoms with van der Waals surface area (Å²) in [4.78, 5) is 0. The third-order valence-electron chi connectivity index (χ3n) is 0.789. The Balaban J connectivity index is 2.18. The van der Waals surface area contributed by atoms with E-state index in [2.05, 4.69) is 5.32 Å². The van der Waals surface area contributed by atoms with E-state index in [9.17, 15) is 0 Å². The van der Waals surface area contributed by atoms with Crippen LogP contribution in [0.2, 0.25) is 0 Å². The lowest BCUT2D eigenvalue weighted by Crippen LogP contribution is -2.08. The number of hydrogen-bond acceptors (Lipinski definition) is 2. The fourth-order valence-electron chi connectivity index (χ4n) is 0.426. The van der Waals surface area contributed by atoms with Crippen molar-refractivity contribution in [1.29, 1.82) is 0 Å². The summed E-state index contributed by atoms with van der Waals surface area (Å²) in [5.41, 5.74) is 0. The standard InChI is InChI=1S/C4H8NO/c1-4-2-5-3-6-4/h3-5H,2H2,1H3/t4-/m0/s1. The van der Waals surface area contributed by atoms with Gasteiger partial charge in [0.15, 0.2) is 0 Å². The molecule has 1 N–H and O–H groups in total. The molecule has 6 heavy (non-hydrogen) atoms. The van der Waals surface area contributed by atoms with E-state index in [1.54, 1.807) is 6.73 Å². The van der Waals surface area contributed by atoms with Gasteiger partial charge in [-0.05, 0) is 6.92 Å². The minimum absolute atomic E-state index is 0.380. The van der Waals surface area contributed by atoms with Crippen molar-refractivity contribution in [1.82, 2.24) is 5.32 Å². The summed E-state index contributed by atoms with van der Waals surface area (Å²) in [5.74, 6) is 0. The van der Waals surface area contributed by atoms with Crippen LogP contribution in [0.15, 0.2) is 0 Å². The van der Waals surface area contributed by atoms with E-state index in [-0.39, 0.29) is 0 Å². The maximum Gasteiger partial charge on any atom is 0.148 e. The highest BCUT2D eigenvalue weighted by Crippen LogP contribution is 1.95. The van der Waals surface area contributed by atoms with Crippen molar-refractivity contribution in [3.05, 3.63) is 6.73 Å². The average Bonchev–Trinajstić information content (AvgIpc) is 1.86. The first-order valence-corrected chi connectivity index (χ1v) is 2.10. The molecule has 0 aromatic heterocycles. The lowest BCUT2D eigenvalue weighted by molar-refractivity contribution is 0.176. The monoisotopic (exact) mass is 86.1 g/mol. The molecular weight excluding hydrogens is 78.0 g/mol. The number of rotatable bonds is 0. The molecule has 35 valence electrons. The lowest BCUT2D eigenvalue weighted by Gasteiger charge is -1.92. The third-order valence-corrected chi connectivity index (χ3v) is 0.789. The average molecular weight is 86.1 g/mol. The van der Waals surface area contributed by atoms with Crippen molar-refractivity contribution in [2.75, 3.05) is 6.54 Å². The van der Waals surface area contributed by atoms with Gasteiger partial charge in [0.2, 0.25) is 0 Å². The van der Waals surface area contributed by atoms with Gasteiger partial charge < -0.3 is 4.74 Å². The highest BCUT2D eigenvalue weighted by atomic mass is 16.5. The van der Waals surface area contributed by atoms with Crippen LogP contribution in [0.5, 0.6) is 0 Å². The van der Waals surface area contributed by atoms with Crippen molar-refractivity contribution in [3.63, 3.8) is 0 Å². The first-order chi connectivity index (χ1) is 2.89. The second kappa shape index (κ2) is 1.58. The summed E-state index contributed by atoms with van der Waals surface area (Å²) >= 11 is 0. The van der Waals surface area contributed by atoms with Crippen LogP contribution >= 0.6 is 0 Å². The molecule has 0 spiro atoms. The topological polar surface area (TPSA) is 21.3 Å². The molecule has 0 saturated carbocycles. The van der Waals surface area contributed by atoms with Crippen LogP contribution in [0, 0.1) is 6.73 Å². The number of nitrogens with one attached hydrogen (secondary N) is 1. The molecule has 1 atom stereocenters. The predicted octanol–water partition coefficient (Wildman–Crippen LogP) is 0.114. The van der Waals surface area contributed by atoms with Gasteiger partial charge in [-0.3, -0.25) is 5.32 Å². The zero-order valence-electron chi connectivity index (χ0n) is 3.77. The van der Waals surface area contributed by atoms with E-state index in [1.807, 2.05) is 6.92 Å². The normalized spacial score (nSPS) is 34.5. The van der Waals surface area contributed by atoms with Crippen molar-refractivity contribution in [3.8, 4) is 0 Å². The van der Waals surface area contributed by atoms with E-state index in [1.165, 1.54) is 0 Å². The van der Waals surface area contributed by atoms with Crippen molar-refractivity contribution in [2.24, 2.45) is 0 Å². The number of hydrogen-bond donors (Lipinski definition) is 1. The molecular formula is C4H8NO. The molecule has 1 rings (SSSR count). The van der Waals surface area contributed by atoms with Crippen LogP contribution in [0.1, 0.15) is 6.92 Å². The Morgan fingerprint density at radius 3 is 3.00 bits per heavy atom. The van der Waals surface area contributed by atoms with Crippen LogP contribution in [-0.4, -0.2) is 12.6 Å².